The van der Waals surface area contributed by atoms with Crippen LogP contribution in [0, 0.1) is 5.92 Å². The maximum absolute atomic E-state index is 5.24. The minimum Gasteiger partial charge on any atom is -0.337 e. The van der Waals surface area contributed by atoms with Gasteiger partial charge in [0.2, 0.25) is 5.89 Å². The lowest BCUT2D eigenvalue weighted by atomic mass is 9.96. The molecule has 2 aromatic heterocycles. The van der Waals surface area contributed by atoms with E-state index < -0.39 is 0 Å². The number of aromatic nitrogens is 4. The molecule has 1 atom stereocenters. The van der Waals surface area contributed by atoms with E-state index in [-0.39, 0.29) is 0 Å². The van der Waals surface area contributed by atoms with E-state index in [1.807, 2.05) is 12.3 Å². The predicted molar refractivity (Wildman–Crippen MR) is 64.9 cm³/mol. The molecule has 6 heteroatoms. The topological polar surface area (TPSA) is 68.8 Å². The zero-order valence-electron chi connectivity index (χ0n) is 10.2. The summed E-state index contributed by atoms with van der Waals surface area (Å²) in [6.07, 6.45) is 7.01. The molecule has 0 aliphatic carbocycles. The van der Waals surface area contributed by atoms with Gasteiger partial charge >= 0.3 is 0 Å². The Morgan fingerprint density at radius 3 is 3.28 bits per heavy atom. The zero-order chi connectivity index (χ0) is 12.2. The molecule has 18 heavy (non-hydrogen) atoms. The van der Waals surface area contributed by atoms with E-state index in [9.17, 15) is 0 Å². The van der Waals surface area contributed by atoms with Gasteiger partial charge in [-0.2, -0.15) is 10.1 Å². The molecule has 1 aliphatic heterocycles. The Balaban J connectivity index is 1.59. The minimum atomic E-state index is 0.545. The second kappa shape index (κ2) is 5.30. The first-order chi connectivity index (χ1) is 8.90. The van der Waals surface area contributed by atoms with Gasteiger partial charge in [-0.25, -0.2) is 0 Å². The molecule has 1 saturated heterocycles. The average Bonchev–Trinajstić information content (AvgIpc) is 3.03. The van der Waals surface area contributed by atoms with Crippen LogP contribution in [-0.2, 0) is 13.0 Å². The SMILES string of the molecule is c1cnn(Cc2nc(CC3CCCNC3)no2)c1. The van der Waals surface area contributed by atoms with Crippen molar-refractivity contribution in [1.82, 2.24) is 25.2 Å². The first kappa shape index (κ1) is 11.4. The number of nitrogens with zero attached hydrogens (tertiary/aromatic N) is 4. The van der Waals surface area contributed by atoms with Gasteiger partial charge in [-0.15, -0.1) is 0 Å². The van der Waals surface area contributed by atoms with Gasteiger partial charge < -0.3 is 9.84 Å². The van der Waals surface area contributed by atoms with Crippen molar-refractivity contribution < 1.29 is 4.52 Å². The van der Waals surface area contributed by atoms with Gasteiger partial charge in [0.05, 0.1) is 0 Å². The fraction of sp³-hybridized carbons (Fsp3) is 0.583. The first-order valence-corrected chi connectivity index (χ1v) is 6.40. The molecular weight excluding hydrogens is 230 g/mol. The maximum Gasteiger partial charge on any atom is 0.248 e. The quantitative estimate of drug-likeness (QED) is 0.867. The molecule has 0 amide bonds. The molecule has 2 aromatic rings. The standard InChI is InChI=1S/C12H17N5O/c1-3-10(8-13-4-1)7-11-15-12(18-16-11)9-17-6-2-5-14-17/h2,5-6,10,13H,1,3-4,7-9H2. The van der Waals surface area contributed by atoms with Crippen LogP contribution in [0.4, 0.5) is 0 Å². The van der Waals surface area contributed by atoms with Crippen molar-refractivity contribution in [3.05, 3.63) is 30.2 Å². The van der Waals surface area contributed by atoms with E-state index >= 15 is 0 Å². The van der Waals surface area contributed by atoms with Crippen LogP contribution in [-0.4, -0.2) is 33.0 Å². The lowest BCUT2D eigenvalue weighted by molar-refractivity contribution is 0.344. The third-order valence-electron chi connectivity index (χ3n) is 3.24. The van der Waals surface area contributed by atoms with Crippen molar-refractivity contribution in [2.24, 2.45) is 5.92 Å². The fourth-order valence-electron chi connectivity index (χ4n) is 2.33. The Morgan fingerprint density at radius 1 is 1.50 bits per heavy atom. The summed E-state index contributed by atoms with van der Waals surface area (Å²) in [5.41, 5.74) is 0. The lowest BCUT2D eigenvalue weighted by Gasteiger charge is -2.20. The van der Waals surface area contributed by atoms with Crippen LogP contribution >= 0.6 is 0 Å². The summed E-state index contributed by atoms with van der Waals surface area (Å²) >= 11 is 0. The Labute approximate surface area is 105 Å². The van der Waals surface area contributed by atoms with Crippen molar-refractivity contribution in [2.45, 2.75) is 25.8 Å². The smallest absolute Gasteiger partial charge is 0.248 e. The summed E-state index contributed by atoms with van der Waals surface area (Å²) in [7, 11) is 0. The van der Waals surface area contributed by atoms with Gasteiger partial charge in [-0.3, -0.25) is 4.68 Å². The summed E-state index contributed by atoms with van der Waals surface area (Å²) < 4.78 is 7.01. The summed E-state index contributed by atoms with van der Waals surface area (Å²) in [6, 6.07) is 1.88. The molecule has 0 radical (unpaired) electrons. The molecule has 1 aliphatic rings. The summed E-state index contributed by atoms with van der Waals surface area (Å²) in [5, 5.41) is 11.5. The summed E-state index contributed by atoms with van der Waals surface area (Å²) in [4.78, 5) is 4.41. The minimum absolute atomic E-state index is 0.545. The zero-order valence-corrected chi connectivity index (χ0v) is 10.2. The van der Waals surface area contributed by atoms with Crippen LogP contribution in [0.15, 0.2) is 23.0 Å². The van der Waals surface area contributed by atoms with E-state index in [2.05, 4.69) is 20.6 Å². The van der Waals surface area contributed by atoms with Crippen LogP contribution in [0.2, 0.25) is 0 Å². The second-order valence-electron chi connectivity index (χ2n) is 4.72. The molecule has 3 rings (SSSR count). The van der Waals surface area contributed by atoms with Crippen LogP contribution in [0.3, 0.4) is 0 Å². The van der Waals surface area contributed by atoms with Crippen LogP contribution in [0.25, 0.3) is 0 Å². The van der Waals surface area contributed by atoms with Crippen molar-refractivity contribution in [2.75, 3.05) is 13.1 Å². The summed E-state index contributed by atoms with van der Waals surface area (Å²) in [5.74, 6) is 2.07. The maximum atomic E-state index is 5.24. The van der Waals surface area contributed by atoms with E-state index in [0.717, 1.165) is 25.3 Å². The molecule has 3 heterocycles. The highest BCUT2D eigenvalue weighted by atomic mass is 16.5. The van der Waals surface area contributed by atoms with E-state index in [1.54, 1.807) is 10.9 Å². The predicted octanol–water partition coefficient (Wildman–Crippen LogP) is 0.856. The third kappa shape index (κ3) is 2.76. The molecule has 96 valence electrons. The van der Waals surface area contributed by atoms with Gasteiger partial charge in [0.1, 0.15) is 6.54 Å². The van der Waals surface area contributed by atoms with Gasteiger partial charge in [-0.05, 0) is 37.9 Å². The van der Waals surface area contributed by atoms with Crippen LogP contribution in [0.1, 0.15) is 24.6 Å². The molecule has 1 fully saturated rings. The van der Waals surface area contributed by atoms with E-state index in [4.69, 9.17) is 4.52 Å². The molecule has 1 N–H and O–H groups in total. The number of rotatable bonds is 4. The van der Waals surface area contributed by atoms with E-state index in [0.29, 0.717) is 18.4 Å². The van der Waals surface area contributed by atoms with Gasteiger partial charge in [0.25, 0.3) is 0 Å². The fourth-order valence-corrected chi connectivity index (χ4v) is 2.33. The average molecular weight is 247 g/mol. The highest BCUT2D eigenvalue weighted by Crippen LogP contribution is 2.14. The molecule has 0 bridgehead atoms. The molecular formula is C12H17N5O. The summed E-state index contributed by atoms with van der Waals surface area (Å²) in [6.45, 7) is 2.74. The Bertz CT molecular complexity index is 472. The van der Waals surface area contributed by atoms with E-state index in [1.165, 1.54) is 12.8 Å². The van der Waals surface area contributed by atoms with Crippen molar-refractivity contribution in [1.29, 1.82) is 0 Å². The van der Waals surface area contributed by atoms with Gasteiger partial charge in [-0.1, -0.05) is 5.16 Å². The van der Waals surface area contributed by atoms with Gasteiger partial charge in [0, 0.05) is 18.8 Å². The highest BCUT2D eigenvalue weighted by molar-refractivity contribution is 4.91. The molecule has 0 aromatic carbocycles. The van der Waals surface area contributed by atoms with Crippen LogP contribution in [0.5, 0.6) is 0 Å². The third-order valence-corrected chi connectivity index (χ3v) is 3.24. The number of nitrogens with one attached hydrogen (secondary N) is 1. The van der Waals surface area contributed by atoms with Crippen molar-refractivity contribution in [3.63, 3.8) is 0 Å². The normalized spacial score (nSPS) is 20.1. The van der Waals surface area contributed by atoms with Crippen LogP contribution < -0.4 is 5.32 Å². The Morgan fingerprint density at radius 2 is 2.50 bits per heavy atom. The molecule has 0 spiro atoms. The number of piperidine rings is 1. The van der Waals surface area contributed by atoms with Crippen molar-refractivity contribution in [3.8, 4) is 0 Å². The van der Waals surface area contributed by atoms with Gasteiger partial charge in [0.15, 0.2) is 5.82 Å². The second-order valence-corrected chi connectivity index (χ2v) is 4.72. The number of hydrogen-bond acceptors (Lipinski definition) is 5. The first-order valence-electron chi connectivity index (χ1n) is 6.40. The monoisotopic (exact) mass is 247 g/mol. The van der Waals surface area contributed by atoms with Crippen molar-refractivity contribution >= 4 is 0 Å². The molecule has 0 saturated carbocycles. The Kier molecular flexibility index (Phi) is 3.36. The lowest BCUT2D eigenvalue weighted by Crippen LogP contribution is -2.31. The number of hydrogen-bond donors (Lipinski definition) is 1. The largest absolute Gasteiger partial charge is 0.337 e. The molecule has 6 nitrogen and oxygen atoms in total. The highest BCUT2D eigenvalue weighted by Gasteiger charge is 2.16. The molecule has 1 unspecified atom stereocenters. The Hall–Kier alpha value is -1.69.